The van der Waals surface area contributed by atoms with Gasteiger partial charge in [-0.15, -0.1) is 0 Å². The summed E-state index contributed by atoms with van der Waals surface area (Å²) in [5.41, 5.74) is 2.01. The van der Waals surface area contributed by atoms with Crippen LogP contribution in [0.1, 0.15) is 48.4 Å². The summed E-state index contributed by atoms with van der Waals surface area (Å²) in [6.07, 6.45) is 0. The van der Waals surface area contributed by atoms with Gasteiger partial charge in [0.2, 0.25) is 0 Å². The molecule has 1 aromatic carbocycles. The van der Waals surface area contributed by atoms with Crippen LogP contribution in [0.5, 0.6) is 0 Å². The molecule has 0 unspecified atom stereocenters. The highest BCUT2D eigenvalue weighted by atomic mass is 16.5. The molecule has 2 aromatic heterocycles. The molecule has 7 heteroatoms. The topological polar surface area (TPSA) is 92.9 Å². The van der Waals surface area contributed by atoms with Crippen LogP contribution in [0.2, 0.25) is 0 Å². The zero-order valence-electron chi connectivity index (χ0n) is 16.1. The summed E-state index contributed by atoms with van der Waals surface area (Å²) in [7, 11) is 0. The molecule has 7 nitrogen and oxygen atoms in total. The van der Waals surface area contributed by atoms with E-state index in [1.54, 1.807) is 26.0 Å². The molecule has 2 N–H and O–H groups in total. The maximum atomic E-state index is 12.8. The minimum atomic E-state index is -0.295. The summed E-state index contributed by atoms with van der Waals surface area (Å²) in [5.74, 6) is 1.87. The second kappa shape index (κ2) is 7.19. The van der Waals surface area contributed by atoms with Crippen LogP contribution in [0.4, 0.5) is 17.3 Å². The third-order valence-electron chi connectivity index (χ3n) is 3.94. The molecule has 2 heterocycles. The third kappa shape index (κ3) is 4.49. The molecule has 0 spiro atoms. The zero-order chi connectivity index (χ0) is 19.6. The van der Waals surface area contributed by atoms with Crippen molar-refractivity contribution in [2.24, 2.45) is 0 Å². The number of rotatable bonds is 4. The summed E-state index contributed by atoms with van der Waals surface area (Å²) in [4.78, 5) is 21.4. The molecule has 1 amide bonds. The summed E-state index contributed by atoms with van der Waals surface area (Å²) in [5, 5.41) is 9.86. The van der Waals surface area contributed by atoms with Crippen LogP contribution in [0.25, 0.3) is 0 Å². The lowest BCUT2D eigenvalue weighted by Gasteiger charge is -2.23. The molecule has 3 rings (SSSR count). The number of aryl methyl sites for hydroxylation is 2. The van der Waals surface area contributed by atoms with Gasteiger partial charge in [0.1, 0.15) is 23.1 Å². The number of nitrogens with one attached hydrogen (secondary N) is 2. The van der Waals surface area contributed by atoms with E-state index in [0.717, 1.165) is 11.3 Å². The number of aromatic nitrogens is 3. The first-order chi connectivity index (χ1) is 12.7. The number of hydrogen-bond donors (Lipinski definition) is 2. The molecule has 0 saturated carbocycles. The van der Waals surface area contributed by atoms with Gasteiger partial charge < -0.3 is 15.2 Å². The first-order valence-corrected chi connectivity index (χ1v) is 8.69. The van der Waals surface area contributed by atoms with E-state index in [9.17, 15) is 4.79 Å². The molecular formula is C20H23N5O2. The highest BCUT2D eigenvalue weighted by Crippen LogP contribution is 2.29. The van der Waals surface area contributed by atoms with Gasteiger partial charge in [-0.1, -0.05) is 44.1 Å². The van der Waals surface area contributed by atoms with Gasteiger partial charge in [-0.2, -0.15) is 0 Å². The minimum Gasteiger partial charge on any atom is -0.360 e. The van der Waals surface area contributed by atoms with Crippen LogP contribution in [-0.4, -0.2) is 21.0 Å². The number of benzene rings is 1. The lowest BCUT2D eigenvalue weighted by molar-refractivity contribution is 0.102. The van der Waals surface area contributed by atoms with E-state index in [1.165, 1.54) is 0 Å². The van der Waals surface area contributed by atoms with Gasteiger partial charge in [0.15, 0.2) is 5.82 Å². The van der Waals surface area contributed by atoms with Crippen molar-refractivity contribution < 1.29 is 9.32 Å². The first-order valence-electron chi connectivity index (χ1n) is 8.69. The van der Waals surface area contributed by atoms with E-state index in [-0.39, 0.29) is 17.0 Å². The van der Waals surface area contributed by atoms with Crippen LogP contribution in [-0.2, 0) is 5.41 Å². The smallest absolute Gasteiger partial charge is 0.274 e. The van der Waals surface area contributed by atoms with E-state index in [2.05, 4.69) is 46.5 Å². The number of hydrogen-bond acceptors (Lipinski definition) is 6. The predicted octanol–water partition coefficient (Wildman–Crippen LogP) is 4.37. The lowest BCUT2D eigenvalue weighted by atomic mass is 9.86. The SMILES string of the molecule is Cc1nc(Nc2cc(C)on2)cc(C(=O)Nc2ccccc2C(C)(C)C)n1. The number of nitrogens with zero attached hydrogens (tertiary/aromatic N) is 3. The van der Waals surface area contributed by atoms with E-state index in [4.69, 9.17) is 4.52 Å². The maximum Gasteiger partial charge on any atom is 0.274 e. The van der Waals surface area contributed by atoms with Crippen molar-refractivity contribution in [3.8, 4) is 0 Å². The van der Waals surface area contributed by atoms with Gasteiger partial charge in [0.05, 0.1) is 0 Å². The summed E-state index contributed by atoms with van der Waals surface area (Å²) >= 11 is 0. The standard InChI is InChI=1S/C20H23N5O2/c1-12-10-18(25-27-12)24-17-11-16(21-13(2)22-17)19(26)23-15-9-7-6-8-14(15)20(3,4)5/h6-11H,1-5H3,(H,23,26)(H,21,22,24,25). The van der Waals surface area contributed by atoms with Crippen molar-refractivity contribution in [3.05, 3.63) is 59.2 Å². The molecule has 0 radical (unpaired) electrons. The zero-order valence-corrected chi connectivity index (χ0v) is 16.1. The fourth-order valence-corrected chi connectivity index (χ4v) is 2.74. The van der Waals surface area contributed by atoms with Crippen molar-refractivity contribution in [2.75, 3.05) is 10.6 Å². The number of anilines is 3. The second-order valence-electron chi connectivity index (χ2n) is 7.38. The molecule has 0 aliphatic heterocycles. The maximum absolute atomic E-state index is 12.8. The largest absolute Gasteiger partial charge is 0.360 e. The van der Waals surface area contributed by atoms with E-state index in [1.807, 2.05) is 24.3 Å². The third-order valence-corrected chi connectivity index (χ3v) is 3.94. The Balaban J connectivity index is 1.85. The normalized spacial score (nSPS) is 11.3. The molecule has 0 aliphatic rings. The molecule has 0 bridgehead atoms. The summed E-state index contributed by atoms with van der Waals surface area (Å²) in [6, 6.07) is 11.1. The minimum absolute atomic E-state index is 0.0943. The first kappa shape index (κ1) is 18.6. The van der Waals surface area contributed by atoms with Crippen molar-refractivity contribution in [1.82, 2.24) is 15.1 Å². The monoisotopic (exact) mass is 365 g/mol. The molecule has 0 aliphatic carbocycles. The van der Waals surface area contributed by atoms with E-state index < -0.39 is 0 Å². The Morgan fingerprint density at radius 3 is 2.44 bits per heavy atom. The van der Waals surface area contributed by atoms with Crippen LogP contribution in [0, 0.1) is 13.8 Å². The Labute approximate surface area is 158 Å². The van der Waals surface area contributed by atoms with Crippen LogP contribution < -0.4 is 10.6 Å². The molecule has 140 valence electrons. The second-order valence-corrected chi connectivity index (χ2v) is 7.38. The molecule has 0 fully saturated rings. The highest BCUT2D eigenvalue weighted by Gasteiger charge is 2.20. The molecule has 3 aromatic rings. The van der Waals surface area contributed by atoms with Crippen LogP contribution in [0.3, 0.4) is 0 Å². The van der Waals surface area contributed by atoms with Crippen LogP contribution in [0.15, 0.2) is 40.9 Å². The van der Waals surface area contributed by atoms with Gasteiger partial charge in [-0.05, 0) is 30.9 Å². The number of carbonyl (C=O) groups excluding carboxylic acids is 1. The Hall–Kier alpha value is -3.22. The Morgan fingerprint density at radius 2 is 1.78 bits per heavy atom. The molecule has 0 saturated heterocycles. The number of carbonyl (C=O) groups is 1. The Bertz CT molecular complexity index is 972. The van der Waals surface area contributed by atoms with E-state index in [0.29, 0.717) is 23.2 Å². The number of amides is 1. The van der Waals surface area contributed by atoms with Crippen molar-refractivity contribution in [2.45, 2.75) is 40.0 Å². The molecule has 0 atom stereocenters. The average molecular weight is 365 g/mol. The van der Waals surface area contributed by atoms with Crippen molar-refractivity contribution >= 4 is 23.2 Å². The van der Waals surface area contributed by atoms with Crippen molar-refractivity contribution in [3.63, 3.8) is 0 Å². The molecular weight excluding hydrogens is 342 g/mol. The Morgan fingerprint density at radius 1 is 1.04 bits per heavy atom. The van der Waals surface area contributed by atoms with Gasteiger partial charge >= 0.3 is 0 Å². The fraction of sp³-hybridized carbons (Fsp3) is 0.300. The van der Waals surface area contributed by atoms with Gasteiger partial charge in [-0.25, -0.2) is 9.97 Å². The predicted molar refractivity (Wildman–Crippen MR) is 104 cm³/mol. The summed E-state index contributed by atoms with van der Waals surface area (Å²) < 4.78 is 5.03. The quantitative estimate of drug-likeness (QED) is 0.713. The van der Waals surface area contributed by atoms with Crippen molar-refractivity contribution in [1.29, 1.82) is 0 Å². The van der Waals surface area contributed by atoms with Gasteiger partial charge in [-0.3, -0.25) is 4.79 Å². The lowest BCUT2D eigenvalue weighted by Crippen LogP contribution is -2.20. The average Bonchev–Trinajstić information content (AvgIpc) is 2.98. The van der Waals surface area contributed by atoms with Crippen LogP contribution >= 0.6 is 0 Å². The Kier molecular flexibility index (Phi) is 4.94. The van der Waals surface area contributed by atoms with E-state index >= 15 is 0 Å². The number of para-hydroxylation sites is 1. The highest BCUT2D eigenvalue weighted by molar-refractivity contribution is 6.03. The van der Waals surface area contributed by atoms with Gasteiger partial charge in [0.25, 0.3) is 5.91 Å². The van der Waals surface area contributed by atoms with Gasteiger partial charge in [0, 0.05) is 17.8 Å². The fourth-order valence-electron chi connectivity index (χ4n) is 2.74. The summed E-state index contributed by atoms with van der Waals surface area (Å²) in [6.45, 7) is 9.85. The molecule has 27 heavy (non-hydrogen) atoms.